The molecule has 112 valence electrons. The van der Waals surface area contributed by atoms with Crippen LogP contribution in [0.15, 0.2) is 30.3 Å². The monoisotopic (exact) mass is 285 g/mol. The van der Waals surface area contributed by atoms with E-state index in [2.05, 4.69) is 29.5 Å². The van der Waals surface area contributed by atoms with Crippen LogP contribution in [0.3, 0.4) is 0 Å². The summed E-state index contributed by atoms with van der Waals surface area (Å²) in [5.41, 5.74) is 2.52. The molecule has 2 N–H and O–H groups in total. The number of benzene rings is 1. The number of nitrogens with one attached hydrogen (secondary N) is 2. The molecule has 0 fully saturated rings. The van der Waals surface area contributed by atoms with Crippen molar-refractivity contribution in [3.63, 3.8) is 0 Å². The Morgan fingerprint density at radius 1 is 1.24 bits per heavy atom. The van der Waals surface area contributed by atoms with E-state index in [0.29, 0.717) is 12.1 Å². The van der Waals surface area contributed by atoms with Crippen molar-refractivity contribution in [3.05, 3.63) is 41.6 Å². The zero-order valence-corrected chi connectivity index (χ0v) is 13.1. The van der Waals surface area contributed by atoms with Crippen LogP contribution >= 0.6 is 0 Å². The zero-order chi connectivity index (χ0) is 15.4. The Kier molecular flexibility index (Phi) is 4.91. The van der Waals surface area contributed by atoms with Crippen LogP contribution in [0, 0.1) is 0 Å². The maximum atomic E-state index is 12.5. The fraction of sp³-hybridized carbons (Fsp3) is 0.412. The lowest BCUT2D eigenvalue weighted by atomic mass is 10.0. The van der Waals surface area contributed by atoms with Crippen LogP contribution < -0.4 is 10.6 Å². The van der Waals surface area contributed by atoms with Gasteiger partial charge in [0, 0.05) is 23.7 Å². The first-order valence-corrected chi connectivity index (χ1v) is 7.38. The number of likely N-dealkylation sites (N-methyl/N-ethyl adjacent to an activating group) is 1. The zero-order valence-electron chi connectivity index (χ0n) is 13.1. The van der Waals surface area contributed by atoms with E-state index in [-0.39, 0.29) is 17.9 Å². The first-order valence-electron chi connectivity index (χ1n) is 7.38. The molecule has 0 saturated heterocycles. The summed E-state index contributed by atoms with van der Waals surface area (Å²) >= 11 is 0. The van der Waals surface area contributed by atoms with Gasteiger partial charge in [-0.05, 0) is 32.0 Å². The van der Waals surface area contributed by atoms with Gasteiger partial charge in [-0.15, -0.1) is 0 Å². The molecule has 1 aromatic carbocycles. The van der Waals surface area contributed by atoms with Crippen molar-refractivity contribution in [1.82, 2.24) is 15.6 Å². The third kappa shape index (κ3) is 3.58. The minimum Gasteiger partial charge on any atom is -0.350 e. The minimum atomic E-state index is -0.0439. The molecule has 0 radical (unpaired) electrons. The number of hydrogen-bond acceptors (Lipinski definition) is 3. The number of carbonyl (C=O) groups excluding carboxylic acids is 1. The van der Waals surface area contributed by atoms with E-state index >= 15 is 0 Å². The highest BCUT2D eigenvalue weighted by Gasteiger charge is 2.14. The fourth-order valence-electron chi connectivity index (χ4n) is 2.12. The van der Waals surface area contributed by atoms with E-state index < -0.39 is 0 Å². The highest BCUT2D eigenvalue weighted by atomic mass is 16.1. The number of para-hydroxylation sites is 1. The molecule has 1 aromatic heterocycles. The van der Waals surface area contributed by atoms with Crippen molar-refractivity contribution < 1.29 is 4.79 Å². The first-order chi connectivity index (χ1) is 10.0. The van der Waals surface area contributed by atoms with Crippen molar-refractivity contribution >= 4 is 16.8 Å². The number of pyridine rings is 1. The molecular formula is C17H23N3O. The van der Waals surface area contributed by atoms with Crippen LogP contribution in [-0.4, -0.2) is 30.5 Å². The highest BCUT2D eigenvalue weighted by molar-refractivity contribution is 6.06. The number of rotatable bonds is 5. The molecule has 0 spiro atoms. The predicted molar refractivity (Wildman–Crippen MR) is 86.7 cm³/mol. The average Bonchev–Trinajstić information content (AvgIpc) is 2.50. The molecule has 0 aliphatic rings. The fourth-order valence-corrected chi connectivity index (χ4v) is 2.12. The Bertz CT molecular complexity index is 637. The summed E-state index contributed by atoms with van der Waals surface area (Å²) in [5.74, 6) is 0.245. The number of nitrogens with zero attached hydrogens (tertiary/aromatic N) is 1. The maximum Gasteiger partial charge on any atom is 0.252 e. The van der Waals surface area contributed by atoms with Gasteiger partial charge in [0.25, 0.3) is 5.91 Å². The van der Waals surface area contributed by atoms with E-state index in [1.807, 2.05) is 44.3 Å². The van der Waals surface area contributed by atoms with Crippen LogP contribution in [0.4, 0.5) is 0 Å². The smallest absolute Gasteiger partial charge is 0.252 e. The van der Waals surface area contributed by atoms with Crippen LogP contribution in [0.1, 0.15) is 42.7 Å². The Morgan fingerprint density at radius 3 is 2.62 bits per heavy atom. The summed E-state index contributed by atoms with van der Waals surface area (Å²) in [5, 5.41) is 6.99. The molecule has 1 amide bonds. The van der Waals surface area contributed by atoms with Gasteiger partial charge in [-0.2, -0.15) is 0 Å². The standard InChI is InChI=1S/C17H23N3O/c1-11(2)16-9-14(17(21)19-10-12(3)18-4)13-7-5-6-8-15(13)20-16/h5-9,11-12,18H,10H2,1-4H3,(H,19,21). The second-order valence-electron chi connectivity index (χ2n) is 5.67. The lowest BCUT2D eigenvalue weighted by Gasteiger charge is -2.14. The summed E-state index contributed by atoms with van der Waals surface area (Å²) in [6.45, 7) is 6.80. The van der Waals surface area contributed by atoms with Gasteiger partial charge in [0.1, 0.15) is 0 Å². The van der Waals surface area contributed by atoms with Gasteiger partial charge in [0.2, 0.25) is 0 Å². The van der Waals surface area contributed by atoms with E-state index in [9.17, 15) is 4.79 Å². The second-order valence-corrected chi connectivity index (χ2v) is 5.67. The SMILES string of the molecule is CNC(C)CNC(=O)c1cc(C(C)C)nc2ccccc12. The summed E-state index contributed by atoms with van der Waals surface area (Å²) in [7, 11) is 1.88. The molecule has 0 aliphatic carbocycles. The van der Waals surface area contributed by atoms with Crippen LogP contribution in [-0.2, 0) is 0 Å². The Balaban J connectivity index is 2.38. The molecule has 1 heterocycles. The van der Waals surface area contributed by atoms with Gasteiger partial charge < -0.3 is 10.6 Å². The Morgan fingerprint density at radius 2 is 1.95 bits per heavy atom. The average molecular weight is 285 g/mol. The highest BCUT2D eigenvalue weighted by Crippen LogP contribution is 2.22. The van der Waals surface area contributed by atoms with Crippen molar-refractivity contribution in [1.29, 1.82) is 0 Å². The van der Waals surface area contributed by atoms with E-state index in [1.165, 1.54) is 0 Å². The third-order valence-electron chi connectivity index (χ3n) is 3.63. The first kappa shape index (κ1) is 15.4. The summed E-state index contributed by atoms with van der Waals surface area (Å²) in [6, 6.07) is 9.94. The quantitative estimate of drug-likeness (QED) is 0.888. The Labute approximate surface area is 126 Å². The third-order valence-corrected chi connectivity index (χ3v) is 3.63. The van der Waals surface area contributed by atoms with Gasteiger partial charge in [0.05, 0.1) is 11.1 Å². The summed E-state index contributed by atoms with van der Waals surface area (Å²) < 4.78 is 0. The van der Waals surface area contributed by atoms with E-state index in [0.717, 1.165) is 16.6 Å². The molecule has 2 rings (SSSR count). The number of carbonyl (C=O) groups is 1. The molecule has 4 nitrogen and oxygen atoms in total. The minimum absolute atomic E-state index is 0.0439. The second kappa shape index (κ2) is 6.68. The van der Waals surface area contributed by atoms with Crippen molar-refractivity contribution in [2.24, 2.45) is 0 Å². The van der Waals surface area contributed by atoms with Crippen LogP contribution in [0.25, 0.3) is 10.9 Å². The molecule has 1 atom stereocenters. The maximum absolute atomic E-state index is 12.5. The van der Waals surface area contributed by atoms with Crippen LogP contribution in [0.5, 0.6) is 0 Å². The summed E-state index contributed by atoms with van der Waals surface area (Å²) in [4.78, 5) is 17.1. The van der Waals surface area contributed by atoms with Crippen molar-refractivity contribution in [2.75, 3.05) is 13.6 Å². The van der Waals surface area contributed by atoms with E-state index in [1.54, 1.807) is 0 Å². The molecule has 2 aromatic rings. The van der Waals surface area contributed by atoms with Gasteiger partial charge in [-0.3, -0.25) is 9.78 Å². The molecule has 0 saturated carbocycles. The number of amides is 1. The molecule has 0 bridgehead atoms. The molecule has 21 heavy (non-hydrogen) atoms. The lowest BCUT2D eigenvalue weighted by molar-refractivity contribution is 0.0952. The van der Waals surface area contributed by atoms with Crippen LogP contribution in [0.2, 0.25) is 0 Å². The van der Waals surface area contributed by atoms with Gasteiger partial charge in [-0.1, -0.05) is 32.0 Å². The van der Waals surface area contributed by atoms with Crippen molar-refractivity contribution in [2.45, 2.75) is 32.7 Å². The molecule has 0 aliphatic heterocycles. The molecular weight excluding hydrogens is 262 g/mol. The molecule has 4 heteroatoms. The topological polar surface area (TPSA) is 54.0 Å². The summed E-state index contributed by atoms with van der Waals surface area (Å²) in [6.07, 6.45) is 0. The van der Waals surface area contributed by atoms with Gasteiger partial charge >= 0.3 is 0 Å². The predicted octanol–water partition coefficient (Wildman–Crippen LogP) is 2.70. The lowest BCUT2D eigenvalue weighted by Crippen LogP contribution is -2.37. The number of fused-ring (bicyclic) bond motifs is 1. The Hall–Kier alpha value is -1.94. The largest absolute Gasteiger partial charge is 0.350 e. The van der Waals surface area contributed by atoms with Crippen molar-refractivity contribution in [3.8, 4) is 0 Å². The van der Waals surface area contributed by atoms with Gasteiger partial charge in [0.15, 0.2) is 0 Å². The van der Waals surface area contributed by atoms with Gasteiger partial charge in [-0.25, -0.2) is 0 Å². The van der Waals surface area contributed by atoms with E-state index in [4.69, 9.17) is 0 Å². The normalized spacial score (nSPS) is 12.6. The molecule has 1 unspecified atom stereocenters. The number of aromatic nitrogens is 1. The number of hydrogen-bond donors (Lipinski definition) is 2.